The van der Waals surface area contributed by atoms with Gasteiger partial charge in [-0.3, -0.25) is 0 Å². The standard InChI is InChI=1S/C6H8OSi/c7-5-2-1-3-6(8)4-5/h1-4,7H,8H3. The van der Waals surface area contributed by atoms with E-state index < -0.39 is 0 Å². The Morgan fingerprint density at radius 3 is 2.50 bits per heavy atom. The molecule has 0 heterocycles. The van der Waals surface area contributed by atoms with Crippen LogP contribution in [0.3, 0.4) is 0 Å². The van der Waals surface area contributed by atoms with Crippen LogP contribution in [0.25, 0.3) is 0 Å². The Morgan fingerprint density at radius 2 is 2.12 bits per heavy atom. The van der Waals surface area contributed by atoms with Gasteiger partial charge in [0.2, 0.25) is 0 Å². The first-order valence-corrected chi connectivity index (χ1v) is 3.54. The van der Waals surface area contributed by atoms with Crippen molar-refractivity contribution < 1.29 is 5.11 Å². The molecule has 1 aromatic carbocycles. The predicted octanol–water partition coefficient (Wildman–Crippen LogP) is -0.617. The van der Waals surface area contributed by atoms with E-state index in [1.54, 1.807) is 12.1 Å². The zero-order valence-corrected chi connectivity index (χ0v) is 6.76. The molecule has 0 bridgehead atoms. The lowest BCUT2D eigenvalue weighted by molar-refractivity contribution is 0.476. The van der Waals surface area contributed by atoms with Gasteiger partial charge < -0.3 is 5.11 Å². The normalized spacial score (nSPS) is 9.50. The summed E-state index contributed by atoms with van der Waals surface area (Å²) in [4.78, 5) is 0. The third-order valence-electron chi connectivity index (χ3n) is 1.00. The second kappa shape index (κ2) is 2.00. The molecule has 0 aliphatic rings. The van der Waals surface area contributed by atoms with E-state index in [1.807, 2.05) is 12.1 Å². The molecule has 2 heteroatoms. The van der Waals surface area contributed by atoms with Crippen LogP contribution < -0.4 is 5.19 Å². The number of phenolic OH excluding ortho intramolecular Hbond substituents is 1. The summed E-state index contributed by atoms with van der Waals surface area (Å²) in [6.07, 6.45) is 0. The SMILES string of the molecule is Oc1cccc([SiH3])c1. The van der Waals surface area contributed by atoms with Crippen molar-refractivity contribution in [3.63, 3.8) is 0 Å². The fourth-order valence-corrected chi connectivity index (χ4v) is 1.12. The Labute approximate surface area is 51.4 Å². The molecule has 0 saturated carbocycles. The average Bonchev–Trinajstić information content (AvgIpc) is 1.64. The quantitative estimate of drug-likeness (QED) is 0.457. The molecule has 1 N–H and O–H groups in total. The maximum Gasteiger partial charge on any atom is 0.115 e. The third-order valence-corrected chi connectivity index (χ3v) is 1.62. The number of benzene rings is 1. The molecule has 0 spiro atoms. The fraction of sp³-hybridized carbons (Fsp3) is 0. The van der Waals surface area contributed by atoms with Gasteiger partial charge in [-0.25, -0.2) is 0 Å². The van der Waals surface area contributed by atoms with E-state index in [4.69, 9.17) is 5.11 Å². The molecule has 1 aromatic rings. The molecule has 1 nitrogen and oxygen atoms in total. The molecule has 0 aromatic heterocycles. The van der Waals surface area contributed by atoms with Gasteiger partial charge in [0.15, 0.2) is 0 Å². The van der Waals surface area contributed by atoms with Crippen LogP contribution in [0.5, 0.6) is 5.75 Å². The molecule has 8 heavy (non-hydrogen) atoms. The van der Waals surface area contributed by atoms with Crippen LogP contribution in [0, 0.1) is 0 Å². The van der Waals surface area contributed by atoms with Gasteiger partial charge in [0, 0.05) is 10.2 Å². The van der Waals surface area contributed by atoms with E-state index in [0.717, 1.165) is 10.2 Å². The van der Waals surface area contributed by atoms with E-state index in [2.05, 4.69) is 0 Å². The molecular formula is C6H8OSi. The largest absolute Gasteiger partial charge is 0.508 e. The fourth-order valence-electron chi connectivity index (χ4n) is 0.628. The highest BCUT2D eigenvalue weighted by atomic mass is 28.1. The smallest absolute Gasteiger partial charge is 0.115 e. The highest BCUT2D eigenvalue weighted by Crippen LogP contribution is 2.00. The highest BCUT2D eigenvalue weighted by Gasteiger charge is 1.83. The molecule has 42 valence electrons. The Hall–Kier alpha value is -0.763. The molecule has 0 unspecified atom stereocenters. The van der Waals surface area contributed by atoms with Gasteiger partial charge in [-0.2, -0.15) is 0 Å². The van der Waals surface area contributed by atoms with Crippen LogP contribution in [0.4, 0.5) is 0 Å². The molecule has 0 atom stereocenters. The average molecular weight is 124 g/mol. The maximum atomic E-state index is 8.84. The number of aromatic hydroxyl groups is 1. The number of phenols is 1. The molecule has 0 aliphatic heterocycles. The van der Waals surface area contributed by atoms with Crippen molar-refractivity contribution in [2.45, 2.75) is 0 Å². The Kier molecular flexibility index (Phi) is 1.35. The second-order valence-corrected chi connectivity index (χ2v) is 2.99. The first-order chi connectivity index (χ1) is 3.79. The lowest BCUT2D eigenvalue weighted by atomic mass is 10.3. The summed E-state index contributed by atoms with van der Waals surface area (Å²) >= 11 is 0. The highest BCUT2D eigenvalue weighted by molar-refractivity contribution is 6.32. The number of hydrogen-bond acceptors (Lipinski definition) is 1. The van der Waals surface area contributed by atoms with Crippen LogP contribution >= 0.6 is 0 Å². The van der Waals surface area contributed by atoms with Gasteiger partial charge in [-0.15, -0.1) is 0 Å². The number of rotatable bonds is 0. The topological polar surface area (TPSA) is 20.2 Å². The second-order valence-electron chi connectivity index (χ2n) is 1.84. The number of hydrogen-bond donors (Lipinski definition) is 1. The zero-order valence-electron chi connectivity index (χ0n) is 4.76. The van der Waals surface area contributed by atoms with Crippen molar-refractivity contribution >= 4 is 15.4 Å². The van der Waals surface area contributed by atoms with Crippen molar-refractivity contribution in [2.75, 3.05) is 0 Å². The first kappa shape index (κ1) is 5.38. The summed E-state index contributed by atoms with van der Waals surface area (Å²) in [5.41, 5.74) is 0. The minimum Gasteiger partial charge on any atom is -0.508 e. The maximum absolute atomic E-state index is 8.84. The molecular weight excluding hydrogens is 116 g/mol. The van der Waals surface area contributed by atoms with Gasteiger partial charge in [-0.05, 0) is 12.1 Å². The Morgan fingerprint density at radius 1 is 1.38 bits per heavy atom. The van der Waals surface area contributed by atoms with Gasteiger partial charge in [0.1, 0.15) is 5.75 Å². The van der Waals surface area contributed by atoms with E-state index in [9.17, 15) is 0 Å². The van der Waals surface area contributed by atoms with Gasteiger partial charge in [0.05, 0.1) is 0 Å². The molecule has 1 rings (SSSR count). The lowest BCUT2D eigenvalue weighted by Crippen LogP contribution is -1.97. The van der Waals surface area contributed by atoms with Crippen molar-refractivity contribution in [3.8, 4) is 5.75 Å². The van der Waals surface area contributed by atoms with Gasteiger partial charge >= 0.3 is 0 Å². The van der Waals surface area contributed by atoms with Gasteiger partial charge in [0.25, 0.3) is 0 Å². The first-order valence-electron chi connectivity index (χ1n) is 2.54. The summed E-state index contributed by atoms with van der Waals surface area (Å²) in [6.45, 7) is 0. The van der Waals surface area contributed by atoms with E-state index >= 15 is 0 Å². The summed E-state index contributed by atoms with van der Waals surface area (Å²) in [6, 6.07) is 7.33. The van der Waals surface area contributed by atoms with Crippen molar-refractivity contribution in [2.24, 2.45) is 0 Å². The van der Waals surface area contributed by atoms with Gasteiger partial charge in [-0.1, -0.05) is 17.3 Å². The van der Waals surface area contributed by atoms with E-state index in [1.165, 1.54) is 5.19 Å². The van der Waals surface area contributed by atoms with Crippen LogP contribution in [-0.4, -0.2) is 15.3 Å². The Bertz CT molecular complexity index is 168. The third kappa shape index (κ3) is 1.10. The van der Waals surface area contributed by atoms with Crippen LogP contribution in [0.2, 0.25) is 0 Å². The van der Waals surface area contributed by atoms with Crippen molar-refractivity contribution in [3.05, 3.63) is 24.3 Å². The van der Waals surface area contributed by atoms with Crippen LogP contribution in [0.15, 0.2) is 24.3 Å². The summed E-state index contributed by atoms with van der Waals surface area (Å²) in [7, 11) is 1.01. The summed E-state index contributed by atoms with van der Waals surface area (Å²) < 4.78 is 0. The monoisotopic (exact) mass is 124 g/mol. The predicted molar refractivity (Wildman–Crippen MR) is 37.7 cm³/mol. The lowest BCUT2D eigenvalue weighted by Gasteiger charge is -1.90. The minimum absolute atomic E-state index is 0.373. The molecule has 0 aliphatic carbocycles. The zero-order chi connectivity index (χ0) is 5.98. The van der Waals surface area contributed by atoms with E-state index in [-0.39, 0.29) is 0 Å². The summed E-state index contributed by atoms with van der Waals surface area (Å²) in [5.74, 6) is 0.373. The molecule has 0 fully saturated rings. The molecule has 0 saturated heterocycles. The molecule has 0 amide bonds. The Balaban J connectivity index is 3.08. The van der Waals surface area contributed by atoms with Crippen molar-refractivity contribution in [1.29, 1.82) is 0 Å². The van der Waals surface area contributed by atoms with Crippen LogP contribution in [-0.2, 0) is 0 Å². The van der Waals surface area contributed by atoms with E-state index in [0.29, 0.717) is 5.75 Å². The van der Waals surface area contributed by atoms with Crippen LogP contribution in [0.1, 0.15) is 0 Å². The minimum atomic E-state index is 0.373. The summed E-state index contributed by atoms with van der Waals surface area (Å²) in [5, 5.41) is 10.1. The van der Waals surface area contributed by atoms with Crippen molar-refractivity contribution in [1.82, 2.24) is 0 Å². The molecule has 0 radical (unpaired) electrons.